The predicted molar refractivity (Wildman–Crippen MR) is 96.7 cm³/mol. The van der Waals surface area contributed by atoms with Crippen LogP contribution in [-0.2, 0) is 22.6 Å². The van der Waals surface area contributed by atoms with Crippen molar-refractivity contribution in [1.29, 1.82) is 0 Å². The van der Waals surface area contributed by atoms with Crippen LogP contribution in [0.15, 0.2) is 36.1 Å². The number of aromatic nitrogens is 1. The monoisotopic (exact) mass is 343 g/mol. The standard InChI is InChI=1S/C18H25N5O2/c1-2-18(25)20-11-7-5-3-4-6-8-17(24)12-15-9-10-16(21-13-15)14-22-23-19/h2,9-10,13H,1,3-8,11-12,14H2,(H,20,25). The highest BCUT2D eigenvalue weighted by Crippen LogP contribution is 2.09. The lowest BCUT2D eigenvalue weighted by Gasteiger charge is -2.04. The number of ketones is 1. The highest BCUT2D eigenvalue weighted by molar-refractivity contribution is 5.86. The number of azide groups is 1. The van der Waals surface area contributed by atoms with Crippen LogP contribution in [0.3, 0.4) is 0 Å². The van der Waals surface area contributed by atoms with Gasteiger partial charge in [-0.3, -0.25) is 14.6 Å². The molecular formula is C18H25N5O2. The summed E-state index contributed by atoms with van der Waals surface area (Å²) in [5.74, 6) is 0.0775. The molecule has 1 heterocycles. The zero-order valence-electron chi connectivity index (χ0n) is 14.5. The van der Waals surface area contributed by atoms with Gasteiger partial charge in [-0.15, -0.1) is 0 Å². The Balaban J connectivity index is 2.09. The maximum absolute atomic E-state index is 12.0. The Labute approximate surface area is 148 Å². The van der Waals surface area contributed by atoms with Crippen LogP contribution in [-0.4, -0.2) is 23.2 Å². The molecule has 7 heteroatoms. The molecule has 1 amide bonds. The van der Waals surface area contributed by atoms with Crippen molar-refractivity contribution < 1.29 is 9.59 Å². The van der Waals surface area contributed by atoms with E-state index in [0.29, 0.717) is 25.1 Å². The number of hydrogen-bond acceptors (Lipinski definition) is 4. The first-order chi connectivity index (χ1) is 12.2. The smallest absolute Gasteiger partial charge is 0.243 e. The fraction of sp³-hybridized carbons (Fsp3) is 0.500. The SMILES string of the molecule is C=CC(=O)NCCCCCCCC(=O)Cc1ccc(CN=[N+]=[N-])nc1. The summed E-state index contributed by atoms with van der Waals surface area (Å²) >= 11 is 0. The quantitative estimate of drug-likeness (QED) is 0.194. The molecule has 134 valence electrons. The van der Waals surface area contributed by atoms with Gasteiger partial charge in [-0.1, -0.05) is 37.0 Å². The summed E-state index contributed by atoms with van der Waals surface area (Å²) in [6.45, 7) is 4.29. The van der Waals surface area contributed by atoms with Gasteiger partial charge in [0.25, 0.3) is 0 Å². The topological polar surface area (TPSA) is 108 Å². The van der Waals surface area contributed by atoms with Crippen LogP contribution in [0, 0.1) is 0 Å². The molecular weight excluding hydrogens is 318 g/mol. The largest absolute Gasteiger partial charge is 0.353 e. The van der Waals surface area contributed by atoms with Crippen LogP contribution in [0.5, 0.6) is 0 Å². The van der Waals surface area contributed by atoms with Crippen LogP contribution >= 0.6 is 0 Å². The second-order valence-corrected chi connectivity index (χ2v) is 5.78. The van der Waals surface area contributed by atoms with E-state index in [0.717, 1.165) is 37.7 Å². The average molecular weight is 343 g/mol. The molecule has 0 unspecified atom stereocenters. The van der Waals surface area contributed by atoms with Crippen molar-refractivity contribution >= 4 is 11.7 Å². The van der Waals surface area contributed by atoms with Crippen molar-refractivity contribution in [3.05, 3.63) is 52.7 Å². The zero-order valence-corrected chi connectivity index (χ0v) is 14.5. The van der Waals surface area contributed by atoms with Crippen molar-refractivity contribution in [2.75, 3.05) is 6.54 Å². The Morgan fingerprint density at radius 1 is 1.24 bits per heavy atom. The van der Waals surface area contributed by atoms with Gasteiger partial charge in [-0.05, 0) is 36.1 Å². The maximum Gasteiger partial charge on any atom is 0.243 e. The van der Waals surface area contributed by atoms with Gasteiger partial charge in [0, 0.05) is 36.2 Å². The number of nitrogens with zero attached hydrogens (tertiary/aromatic N) is 4. The molecule has 0 saturated carbocycles. The summed E-state index contributed by atoms with van der Waals surface area (Å²) in [4.78, 5) is 29.8. The first kappa shape index (κ1) is 20.4. The van der Waals surface area contributed by atoms with Crippen molar-refractivity contribution in [3.63, 3.8) is 0 Å². The molecule has 0 aliphatic carbocycles. The first-order valence-electron chi connectivity index (χ1n) is 8.52. The van der Waals surface area contributed by atoms with Crippen LogP contribution < -0.4 is 5.32 Å². The van der Waals surface area contributed by atoms with Crippen molar-refractivity contribution in [1.82, 2.24) is 10.3 Å². The molecule has 0 aliphatic heterocycles. The number of pyridine rings is 1. The van der Waals surface area contributed by atoms with Gasteiger partial charge in [0.1, 0.15) is 5.78 Å². The van der Waals surface area contributed by atoms with E-state index in [9.17, 15) is 9.59 Å². The molecule has 7 nitrogen and oxygen atoms in total. The molecule has 1 rings (SSSR count). The van der Waals surface area contributed by atoms with E-state index in [1.165, 1.54) is 6.08 Å². The molecule has 0 aromatic carbocycles. The van der Waals surface area contributed by atoms with E-state index >= 15 is 0 Å². The lowest BCUT2D eigenvalue weighted by Crippen LogP contribution is -2.21. The number of rotatable bonds is 13. The van der Waals surface area contributed by atoms with E-state index in [1.54, 1.807) is 12.3 Å². The van der Waals surface area contributed by atoms with Gasteiger partial charge >= 0.3 is 0 Å². The third-order valence-corrected chi connectivity index (χ3v) is 3.70. The second-order valence-electron chi connectivity index (χ2n) is 5.78. The molecule has 0 radical (unpaired) electrons. The fourth-order valence-corrected chi connectivity index (χ4v) is 2.33. The molecule has 0 aliphatic rings. The highest BCUT2D eigenvalue weighted by Gasteiger charge is 2.04. The minimum atomic E-state index is -0.133. The van der Waals surface area contributed by atoms with Crippen molar-refractivity contribution in [3.8, 4) is 0 Å². The number of amides is 1. The van der Waals surface area contributed by atoms with Crippen LogP contribution in [0.2, 0.25) is 0 Å². The highest BCUT2D eigenvalue weighted by atomic mass is 16.1. The molecule has 25 heavy (non-hydrogen) atoms. The molecule has 0 fully saturated rings. The maximum atomic E-state index is 12.0. The van der Waals surface area contributed by atoms with Crippen LogP contribution in [0.25, 0.3) is 10.4 Å². The number of unbranched alkanes of at least 4 members (excludes halogenated alkanes) is 4. The summed E-state index contributed by atoms with van der Waals surface area (Å²) in [5, 5.41) is 6.19. The first-order valence-corrected chi connectivity index (χ1v) is 8.52. The molecule has 0 atom stereocenters. The third kappa shape index (κ3) is 9.94. The van der Waals surface area contributed by atoms with Crippen LogP contribution in [0.1, 0.15) is 49.8 Å². The fourth-order valence-electron chi connectivity index (χ4n) is 2.33. The van der Waals surface area contributed by atoms with Gasteiger partial charge < -0.3 is 5.32 Å². The van der Waals surface area contributed by atoms with Crippen LogP contribution in [0.4, 0.5) is 0 Å². The Kier molecular flexibility index (Phi) is 10.4. The summed E-state index contributed by atoms with van der Waals surface area (Å²) < 4.78 is 0. The summed E-state index contributed by atoms with van der Waals surface area (Å²) in [7, 11) is 0. The van der Waals surface area contributed by atoms with E-state index < -0.39 is 0 Å². The molecule has 0 bridgehead atoms. The van der Waals surface area contributed by atoms with Gasteiger partial charge in [-0.25, -0.2) is 0 Å². The number of hydrogen-bond donors (Lipinski definition) is 1. The second kappa shape index (κ2) is 12.7. The third-order valence-electron chi connectivity index (χ3n) is 3.70. The Morgan fingerprint density at radius 3 is 2.68 bits per heavy atom. The van der Waals surface area contributed by atoms with E-state index in [4.69, 9.17) is 5.53 Å². The van der Waals surface area contributed by atoms with E-state index in [2.05, 4.69) is 26.9 Å². The zero-order chi connectivity index (χ0) is 18.3. The van der Waals surface area contributed by atoms with Gasteiger partial charge in [0.05, 0.1) is 6.54 Å². The number of Topliss-reactive ketones (excluding diaryl/α,β-unsaturated/α-hetero) is 1. The van der Waals surface area contributed by atoms with Crippen molar-refractivity contribution in [2.24, 2.45) is 5.11 Å². The van der Waals surface area contributed by atoms with Gasteiger partial charge in [0.15, 0.2) is 0 Å². The van der Waals surface area contributed by atoms with Crippen molar-refractivity contribution in [2.45, 2.75) is 51.5 Å². The lowest BCUT2D eigenvalue weighted by molar-refractivity contribution is -0.118. The lowest BCUT2D eigenvalue weighted by atomic mass is 10.0. The number of carbonyl (C=O) groups is 2. The minimum Gasteiger partial charge on any atom is -0.353 e. The Morgan fingerprint density at radius 2 is 2.00 bits per heavy atom. The molecule has 1 aromatic heterocycles. The van der Waals surface area contributed by atoms with Gasteiger partial charge in [-0.2, -0.15) is 0 Å². The number of nitrogens with one attached hydrogen (secondary N) is 1. The number of carbonyl (C=O) groups excluding carboxylic acids is 2. The summed E-state index contributed by atoms with van der Waals surface area (Å²) in [6.07, 6.45) is 8.86. The summed E-state index contributed by atoms with van der Waals surface area (Å²) in [5.41, 5.74) is 9.84. The average Bonchev–Trinajstić information content (AvgIpc) is 2.63. The van der Waals surface area contributed by atoms with E-state index in [1.807, 2.05) is 6.07 Å². The van der Waals surface area contributed by atoms with Gasteiger partial charge in [0.2, 0.25) is 5.91 Å². The predicted octanol–water partition coefficient (Wildman–Crippen LogP) is 3.65. The normalized spacial score (nSPS) is 9.92. The molecule has 1 aromatic rings. The molecule has 0 saturated heterocycles. The molecule has 1 N–H and O–H groups in total. The van der Waals surface area contributed by atoms with E-state index in [-0.39, 0.29) is 18.2 Å². The summed E-state index contributed by atoms with van der Waals surface area (Å²) in [6, 6.07) is 3.63. The Bertz CT molecular complexity index is 606. The molecule has 0 spiro atoms. The Hall–Kier alpha value is -2.66. The minimum absolute atomic E-state index is 0.133.